The Morgan fingerprint density at radius 1 is 1.17 bits per heavy atom. The molecule has 0 saturated heterocycles. The molecule has 0 amide bonds. The predicted octanol–water partition coefficient (Wildman–Crippen LogP) is 5.80. The number of halogens is 3. The summed E-state index contributed by atoms with van der Waals surface area (Å²) in [6.07, 6.45) is 1.99. The second-order valence-corrected chi connectivity index (χ2v) is 7.56. The van der Waals surface area contributed by atoms with E-state index in [9.17, 15) is 0 Å². The van der Waals surface area contributed by atoms with E-state index >= 15 is 0 Å². The summed E-state index contributed by atoms with van der Waals surface area (Å²) >= 11 is 17.3. The molecule has 96 valence electrons. The zero-order valence-electron chi connectivity index (χ0n) is 9.70. The average molecular weight is 364 g/mol. The fourth-order valence-electron chi connectivity index (χ4n) is 1.92. The highest BCUT2D eigenvalue weighted by Crippen LogP contribution is 2.26. The molecule has 0 aliphatic rings. The van der Waals surface area contributed by atoms with Crippen molar-refractivity contribution in [3.8, 4) is 0 Å². The van der Waals surface area contributed by atoms with Gasteiger partial charge in [-0.2, -0.15) is 0 Å². The van der Waals surface area contributed by atoms with Gasteiger partial charge in [0.05, 0.1) is 3.79 Å². The van der Waals surface area contributed by atoms with E-state index in [2.05, 4.69) is 34.1 Å². The molecule has 0 nitrogen and oxygen atoms in total. The Morgan fingerprint density at radius 3 is 2.61 bits per heavy atom. The summed E-state index contributed by atoms with van der Waals surface area (Å²) < 4.78 is 1.17. The molecule has 1 aromatic heterocycles. The topological polar surface area (TPSA) is 0 Å². The van der Waals surface area contributed by atoms with E-state index in [-0.39, 0.29) is 0 Å². The van der Waals surface area contributed by atoms with Crippen LogP contribution in [0, 0.1) is 5.92 Å². The summed E-state index contributed by atoms with van der Waals surface area (Å²) in [5.41, 5.74) is 1.25. The quantitative estimate of drug-likeness (QED) is 0.588. The second-order valence-electron chi connectivity index (χ2n) is 4.26. The maximum Gasteiger partial charge on any atom is 0.0701 e. The van der Waals surface area contributed by atoms with Gasteiger partial charge in [-0.15, -0.1) is 22.9 Å². The number of rotatable bonds is 5. The smallest absolute Gasteiger partial charge is 0.0701 e. The van der Waals surface area contributed by atoms with Crippen LogP contribution in [0.2, 0.25) is 5.02 Å². The van der Waals surface area contributed by atoms with Crippen LogP contribution in [-0.2, 0) is 12.8 Å². The van der Waals surface area contributed by atoms with Gasteiger partial charge in [0.15, 0.2) is 0 Å². The predicted molar refractivity (Wildman–Crippen MR) is 85.1 cm³/mol. The lowest BCUT2D eigenvalue weighted by Crippen LogP contribution is -2.09. The first-order valence-electron chi connectivity index (χ1n) is 5.72. The Bertz CT molecular complexity index is 510. The molecule has 1 aromatic carbocycles. The Balaban J connectivity index is 2.01. The minimum atomic E-state index is 0.454. The van der Waals surface area contributed by atoms with Gasteiger partial charge in [0.25, 0.3) is 0 Å². The van der Waals surface area contributed by atoms with Crippen LogP contribution in [0.5, 0.6) is 0 Å². The minimum Gasteiger partial charge on any atom is -0.133 e. The van der Waals surface area contributed by atoms with Crippen molar-refractivity contribution in [3.63, 3.8) is 0 Å². The van der Waals surface area contributed by atoms with E-state index in [1.54, 1.807) is 11.3 Å². The van der Waals surface area contributed by atoms with Crippen LogP contribution in [0.4, 0.5) is 0 Å². The first-order valence-corrected chi connectivity index (χ1v) is 8.24. The third-order valence-corrected chi connectivity index (χ3v) is 5.07. The Hall–Kier alpha value is -0.0200. The van der Waals surface area contributed by atoms with Gasteiger partial charge in [0, 0.05) is 15.8 Å². The summed E-state index contributed by atoms with van der Waals surface area (Å²) in [4.78, 5) is 1.37. The molecule has 0 aliphatic carbocycles. The van der Waals surface area contributed by atoms with Gasteiger partial charge in [-0.25, -0.2) is 0 Å². The fraction of sp³-hybridized carbons (Fsp3) is 0.286. The summed E-state index contributed by atoms with van der Waals surface area (Å²) in [6, 6.07) is 12.3. The van der Waals surface area contributed by atoms with E-state index in [0.717, 1.165) is 17.9 Å². The molecular formula is C14H13BrCl2S. The zero-order valence-corrected chi connectivity index (χ0v) is 13.6. The van der Waals surface area contributed by atoms with E-state index in [1.807, 2.05) is 18.2 Å². The molecule has 0 saturated carbocycles. The van der Waals surface area contributed by atoms with Crippen molar-refractivity contribution in [2.75, 3.05) is 5.88 Å². The van der Waals surface area contributed by atoms with E-state index in [4.69, 9.17) is 23.2 Å². The molecular weight excluding hydrogens is 351 g/mol. The van der Waals surface area contributed by atoms with E-state index in [0.29, 0.717) is 11.8 Å². The molecule has 1 atom stereocenters. The van der Waals surface area contributed by atoms with Crippen LogP contribution in [0.15, 0.2) is 40.2 Å². The standard InChI is InChI=1S/C14H13BrCl2S/c15-14-5-4-13(18-14)8-11(9-16)6-10-2-1-3-12(17)7-10/h1-5,7,11H,6,8-9H2. The average Bonchev–Trinajstić information content (AvgIpc) is 2.74. The summed E-state index contributed by atoms with van der Waals surface area (Å²) in [7, 11) is 0. The molecule has 0 N–H and O–H groups in total. The van der Waals surface area contributed by atoms with E-state index in [1.165, 1.54) is 14.2 Å². The number of hydrogen-bond donors (Lipinski definition) is 0. The summed E-state index contributed by atoms with van der Waals surface area (Å²) in [5, 5.41) is 0.791. The van der Waals surface area contributed by atoms with Crippen molar-refractivity contribution in [2.45, 2.75) is 12.8 Å². The largest absolute Gasteiger partial charge is 0.133 e. The van der Waals surface area contributed by atoms with Crippen molar-refractivity contribution in [1.29, 1.82) is 0 Å². The maximum atomic E-state index is 6.07. The van der Waals surface area contributed by atoms with Gasteiger partial charge < -0.3 is 0 Å². The first-order chi connectivity index (χ1) is 8.67. The molecule has 0 spiro atoms. The van der Waals surface area contributed by atoms with Crippen molar-refractivity contribution in [3.05, 3.63) is 55.6 Å². The van der Waals surface area contributed by atoms with Gasteiger partial charge in [0.1, 0.15) is 0 Å². The monoisotopic (exact) mass is 362 g/mol. The fourth-order valence-corrected chi connectivity index (χ4v) is 3.95. The number of hydrogen-bond acceptors (Lipinski definition) is 1. The molecule has 4 heteroatoms. The molecule has 0 bridgehead atoms. The third kappa shape index (κ3) is 4.27. The Kier molecular flexibility index (Phi) is 5.56. The van der Waals surface area contributed by atoms with Crippen molar-refractivity contribution in [2.24, 2.45) is 5.92 Å². The molecule has 2 aromatic rings. The molecule has 2 rings (SSSR count). The maximum absolute atomic E-state index is 6.07. The van der Waals surface area contributed by atoms with Crippen molar-refractivity contribution < 1.29 is 0 Å². The Labute approximate surface area is 130 Å². The van der Waals surface area contributed by atoms with Gasteiger partial charge >= 0.3 is 0 Å². The highest BCUT2D eigenvalue weighted by molar-refractivity contribution is 9.11. The van der Waals surface area contributed by atoms with Crippen LogP contribution in [0.25, 0.3) is 0 Å². The van der Waals surface area contributed by atoms with Crippen LogP contribution in [0.1, 0.15) is 10.4 Å². The molecule has 0 aliphatic heterocycles. The first kappa shape index (κ1) is 14.4. The number of alkyl halides is 1. The third-order valence-electron chi connectivity index (χ3n) is 2.75. The van der Waals surface area contributed by atoms with Gasteiger partial charge in [-0.1, -0.05) is 23.7 Å². The summed E-state index contributed by atoms with van der Waals surface area (Å²) in [5.74, 6) is 1.12. The molecule has 18 heavy (non-hydrogen) atoms. The minimum absolute atomic E-state index is 0.454. The Morgan fingerprint density at radius 2 is 2.00 bits per heavy atom. The lowest BCUT2D eigenvalue weighted by atomic mass is 9.97. The number of thiophene rings is 1. The van der Waals surface area contributed by atoms with Gasteiger partial charge in [0.2, 0.25) is 0 Å². The number of benzene rings is 1. The second kappa shape index (κ2) is 6.95. The molecule has 1 unspecified atom stereocenters. The molecule has 0 radical (unpaired) electrons. The lowest BCUT2D eigenvalue weighted by Gasteiger charge is -2.13. The van der Waals surface area contributed by atoms with Gasteiger partial charge in [-0.3, -0.25) is 0 Å². The van der Waals surface area contributed by atoms with Crippen LogP contribution < -0.4 is 0 Å². The normalized spacial score (nSPS) is 12.6. The van der Waals surface area contributed by atoms with E-state index < -0.39 is 0 Å². The van der Waals surface area contributed by atoms with Crippen LogP contribution >= 0.6 is 50.5 Å². The summed E-state index contributed by atoms with van der Waals surface area (Å²) in [6.45, 7) is 0. The lowest BCUT2D eigenvalue weighted by molar-refractivity contribution is 0.589. The van der Waals surface area contributed by atoms with Crippen LogP contribution in [0.3, 0.4) is 0 Å². The van der Waals surface area contributed by atoms with Crippen LogP contribution in [-0.4, -0.2) is 5.88 Å². The van der Waals surface area contributed by atoms with Gasteiger partial charge in [-0.05, 0) is 64.5 Å². The molecule has 1 heterocycles. The zero-order chi connectivity index (χ0) is 13.0. The highest BCUT2D eigenvalue weighted by Gasteiger charge is 2.11. The SMILES string of the molecule is ClCC(Cc1cccc(Cl)c1)Cc1ccc(Br)s1. The highest BCUT2D eigenvalue weighted by atomic mass is 79.9. The molecule has 0 fully saturated rings. The van der Waals surface area contributed by atoms with Crippen molar-refractivity contribution >= 4 is 50.5 Å². The van der Waals surface area contributed by atoms with Crippen molar-refractivity contribution in [1.82, 2.24) is 0 Å².